The van der Waals surface area contributed by atoms with Crippen LogP contribution in [0.5, 0.6) is 5.75 Å². The molecule has 0 amide bonds. The summed E-state index contributed by atoms with van der Waals surface area (Å²) in [7, 11) is 0. The quantitative estimate of drug-likeness (QED) is 0.724. The highest BCUT2D eigenvalue weighted by Gasteiger charge is 2.21. The highest BCUT2D eigenvalue weighted by molar-refractivity contribution is 5.26. The van der Waals surface area contributed by atoms with Crippen LogP contribution in [0.2, 0.25) is 0 Å². The Morgan fingerprint density at radius 1 is 1.25 bits per heavy atom. The van der Waals surface area contributed by atoms with Crippen LogP contribution in [0.15, 0.2) is 24.3 Å². The van der Waals surface area contributed by atoms with Crippen LogP contribution in [0.4, 0.5) is 0 Å². The summed E-state index contributed by atoms with van der Waals surface area (Å²) in [6, 6.07) is 7.28. The predicted molar refractivity (Wildman–Crippen MR) is 63.5 cm³/mol. The largest absolute Gasteiger partial charge is 0.508 e. The number of nitrogens with one attached hydrogen (secondary N) is 1. The van der Waals surface area contributed by atoms with E-state index in [-0.39, 0.29) is 17.9 Å². The Labute approximate surface area is 96.1 Å². The fraction of sp³-hybridized carbons (Fsp3) is 0.538. The number of benzene rings is 1. The Kier molecular flexibility index (Phi) is 3.80. The number of aromatic hydroxyl groups is 1. The fourth-order valence-corrected chi connectivity index (χ4v) is 2.22. The first kappa shape index (κ1) is 11.4. The molecule has 3 N–H and O–H groups in total. The summed E-state index contributed by atoms with van der Waals surface area (Å²) in [5, 5.41) is 22.6. The molecule has 2 rings (SSSR count). The van der Waals surface area contributed by atoms with E-state index in [2.05, 4.69) is 5.32 Å². The molecule has 0 aliphatic carbocycles. The van der Waals surface area contributed by atoms with E-state index in [4.69, 9.17) is 5.11 Å². The maximum Gasteiger partial charge on any atom is 0.115 e. The molecule has 0 spiro atoms. The van der Waals surface area contributed by atoms with Crippen molar-refractivity contribution in [3.8, 4) is 5.75 Å². The lowest BCUT2D eigenvalue weighted by Crippen LogP contribution is -2.44. The minimum atomic E-state index is -0.329. The first-order chi connectivity index (χ1) is 7.75. The third kappa shape index (κ3) is 2.97. The van der Waals surface area contributed by atoms with Gasteiger partial charge in [-0.1, -0.05) is 18.6 Å². The summed E-state index contributed by atoms with van der Waals surface area (Å²) in [6.45, 7) is 1.01. The molecule has 16 heavy (non-hydrogen) atoms. The van der Waals surface area contributed by atoms with Crippen molar-refractivity contribution in [1.29, 1.82) is 0 Å². The van der Waals surface area contributed by atoms with Gasteiger partial charge >= 0.3 is 0 Å². The van der Waals surface area contributed by atoms with Crippen LogP contribution in [-0.2, 0) is 6.42 Å². The molecule has 1 aromatic rings. The van der Waals surface area contributed by atoms with Crippen molar-refractivity contribution < 1.29 is 10.2 Å². The second-order valence-corrected chi connectivity index (χ2v) is 4.49. The van der Waals surface area contributed by atoms with E-state index in [0.717, 1.165) is 18.5 Å². The summed E-state index contributed by atoms with van der Waals surface area (Å²) in [5.74, 6) is 0.272. The molecule has 3 nitrogen and oxygen atoms in total. The number of aliphatic hydroxyl groups excluding tert-OH is 1. The van der Waals surface area contributed by atoms with E-state index >= 15 is 0 Å². The molecule has 1 aliphatic heterocycles. The molecule has 1 aromatic carbocycles. The highest BCUT2D eigenvalue weighted by Crippen LogP contribution is 2.16. The zero-order valence-electron chi connectivity index (χ0n) is 9.39. The number of phenolic OH excluding ortho intramolecular Hbond substituents is 1. The number of hydrogen-bond acceptors (Lipinski definition) is 3. The summed E-state index contributed by atoms with van der Waals surface area (Å²) in [6.07, 6.45) is 3.79. The van der Waals surface area contributed by atoms with E-state index in [1.807, 2.05) is 12.1 Å². The molecule has 1 aliphatic rings. The van der Waals surface area contributed by atoms with Crippen LogP contribution in [0.3, 0.4) is 0 Å². The molecule has 0 aromatic heterocycles. The van der Waals surface area contributed by atoms with Gasteiger partial charge in [-0.25, -0.2) is 0 Å². The smallest absolute Gasteiger partial charge is 0.115 e. The van der Waals surface area contributed by atoms with Crippen molar-refractivity contribution in [3.05, 3.63) is 29.8 Å². The second kappa shape index (κ2) is 5.32. The van der Waals surface area contributed by atoms with E-state index in [0.29, 0.717) is 6.42 Å². The molecule has 0 saturated carbocycles. The molecule has 0 radical (unpaired) electrons. The van der Waals surface area contributed by atoms with Gasteiger partial charge in [-0.15, -0.1) is 0 Å². The van der Waals surface area contributed by atoms with Crippen molar-refractivity contribution in [3.63, 3.8) is 0 Å². The second-order valence-electron chi connectivity index (χ2n) is 4.49. The van der Waals surface area contributed by atoms with Gasteiger partial charge in [0.15, 0.2) is 0 Å². The molecule has 2 atom stereocenters. The SMILES string of the molecule is Oc1ccc(CC(O)C2CCCCN2)cc1. The van der Waals surface area contributed by atoms with Crippen molar-refractivity contribution >= 4 is 0 Å². The van der Waals surface area contributed by atoms with Gasteiger partial charge in [-0.05, 0) is 43.5 Å². The Hall–Kier alpha value is -1.06. The molecular weight excluding hydrogens is 202 g/mol. The molecule has 88 valence electrons. The van der Waals surface area contributed by atoms with Gasteiger partial charge in [-0.2, -0.15) is 0 Å². The molecule has 2 unspecified atom stereocenters. The van der Waals surface area contributed by atoms with E-state index in [1.165, 1.54) is 12.8 Å². The first-order valence-electron chi connectivity index (χ1n) is 5.95. The van der Waals surface area contributed by atoms with Gasteiger partial charge < -0.3 is 15.5 Å². The van der Waals surface area contributed by atoms with Crippen molar-refractivity contribution in [2.24, 2.45) is 0 Å². The van der Waals surface area contributed by atoms with E-state index in [1.54, 1.807) is 12.1 Å². The summed E-state index contributed by atoms with van der Waals surface area (Å²) in [4.78, 5) is 0. The van der Waals surface area contributed by atoms with Gasteiger partial charge in [-0.3, -0.25) is 0 Å². The van der Waals surface area contributed by atoms with Crippen LogP contribution >= 0.6 is 0 Å². The average Bonchev–Trinajstić information content (AvgIpc) is 2.33. The van der Waals surface area contributed by atoms with Gasteiger partial charge in [0, 0.05) is 6.04 Å². The molecule has 1 heterocycles. The average molecular weight is 221 g/mol. The molecule has 1 saturated heterocycles. The minimum Gasteiger partial charge on any atom is -0.508 e. The molecule has 1 fully saturated rings. The first-order valence-corrected chi connectivity index (χ1v) is 5.95. The maximum absolute atomic E-state index is 10.1. The number of piperidine rings is 1. The number of aliphatic hydroxyl groups is 1. The topological polar surface area (TPSA) is 52.5 Å². The third-order valence-corrected chi connectivity index (χ3v) is 3.19. The minimum absolute atomic E-state index is 0.225. The Balaban J connectivity index is 1.90. The predicted octanol–water partition coefficient (Wildman–Crippen LogP) is 1.44. The number of phenols is 1. The zero-order chi connectivity index (χ0) is 11.4. The van der Waals surface area contributed by atoms with E-state index in [9.17, 15) is 5.11 Å². The van der Waals surface area contributed by atoms with Crippen molar-refractivity contribution in [2.75, 3.05) is 6.54 Å². The molecule has 0 bridgehead atoms. The van der Waals surface area contributed by atoms with Crippen molar-refractivity contribution in [1.82, 2.24) is 5.32 Å². The summed E-state index contributed by atoms with van der Waals surface area (Å²) in [5.41, 5.74) is 1.07. The lowest BCUT2D eigenvalue weighted by Gasteiger charge is -2.28. The normalized spacial score (nSPS) is 22.9. The lowest BCUT2D eigenvalue weighted by molar-refractivity contribution is 0.113. The van der Waals surface area contributed by atoms with Crippen LogP contribution in [-0.4, -0.2) is 28.9 Å². The van der Waals surface area contributed by atoms with Crippen LogP contribution in [0.25, 0.3) is 0 Å². The lowest BCUT2D eigenvalue weighted by atomic mass is 9.95. The van der Waals surface area contributed by atoms with Crippen LogP contribution < -0.4 is 5.32 Å². The van der Waals surface area contributed by atoms with Gasteiger partial charge in [0.05, 0.1) is 6.10 Å². The van der Waals surface area contributed by atoms with Gasteiger partial charge in [0.1, 0.15) is 5.75 Å². The molecular formula is C13H19NO2. The standard InChI is InChI=1S/C13H19NO2/c15-11-6-4-10(5-7-11)9-13(16)12-3-1-2-8-14-12/h4-7,12-16H,1-3,8-9H2. The Bertz CT molecular complexity index is 317. The summed E-state index contributed by atoms with van der Waals surface area (Å²) >= 11 is 0. The monoisotopic (exact) mass is 221 g/mol. The Morgan fingerprint density at radius 3 is 2.62 bits per heavy atom. The van der Waals surface area contributed by atoms with Crippen molar-refractivity contribution in [2.45, 2.75) is 37.8 Å². The third-order valence-electron chi connectivity index (χ3n) is 3.19. The summed E-state index contributed by atoms with van der Waals surface area (Å²) < 4.78 is 0. The Morgan fingerprint density at radius 2 is 2.00 bits per heavy atom. The van der Waals surface area contributed by atoms with Crippen LogP contribution in [0, 0.1) is 0 Å². The zero-order valence-corrected chi connectivity index (χ0v) is 9.39. The maximum atomic E-state index is 10.1. The fourth-order valence-electron chi connectivity index (χ4n) is 2.22. The highest BCUT2D eigenvalue weighted by atomic mass is 16.3. The van der Waals surface area contributed by atoms with E-state index < -0.39 is 0 Å². The number of rotatable bonds is 3. The van der Waals surface area contributed by atoms with Crippen LogP contribution in [0.1, 0.15) is 24.8 Å². The van der Waals surface area contributed by atoms with Gasteiger partial charge in [0.2, 0.25) is 0 Å². The number of hydrogen-bond donors (Lipinski definition) is 3. The van der Waals surface area contributed by atoms with Gasteiger partial charge in [0.25, 0.3) is 0 Å². The molecule has 3 heteroatoms.